The fourth-order valence-corrected chi connectivity index (χ4v) is 3.63. The van der Waals surface area contributed by atoms with Crippen LogP contribution >= 0.6 is 0 Å². The molecule has 0 saturated heterocycles. The molecule has 0 aromatic rings. The lowest BCUT2D eigenvalue weighted by Crippen LogP contribution is -2.27. The lowest BCUT2D eigenvalue weighted by molar-refractivity contribution is -0.152. The van der Waals surface area contributed by atoms with Crippen LogP contribution in [0.5, 0.6) is 0 Å². The second-order valence-electron chi connectivity index (χ2n) is 9.66. The molecule has 0 rings (SSSR count). The number of esters is 4. The van der Waals surface area contributed by atoms with Crippen LogP contribution in [-0.4, -0.2) is 84.3 Å². The number of ether oxygens (including phenoxy) is 4. The lowest BCUT2D eigenvalue weighted by atomic mass is 10.0. The summed E-state index contributed by atoms with van der Waals surface area (Å²) < 4.78 is 18.9. The summed E-state index contributed by atoms with van der Waals surface area (Å²) in [6.45, 7) is 21.7. The first-order chi connectivity index (χ1) is 20.5. The van der Waals surface area contributed by atoms with Gasteiger partial charge < -0.3 is 29.2 Å². The molecule has 0 spiro atoms. The molecule has 0 aliphatic carbocycles. The topological polar surface area (TPSA) is 180 Å². The summed E-state index contributed by atoms with van der Waals surface area (Å²) in [5, 5.41) is 18.2. The summed E-state index contributed by atoms with van der Waals surface area (Å²) in [6.07, 6.45) is 1.06. The number of aliphatic hydroxyl groups excluding tert-OH is 2. The molecule has 2 N–H and O–H groups in total. The highest BCUT2D eigenvalue weighted by Crippen LogP contribution is 2.11. The van der Waals surface area contributed by atoms with Crippen molar-refractivity contribution >= 4 is 35.4 Å². The molecule has 0 saturated carbocycles. The van der Waals surface area contributed by atoms with Crippen LogP contribution in [-0.2, 0) is 47.7 Å². The smallest absolute Gasteiger partial charge is 0.316 e. The third kappa shape index (κ3) is 23.6. The van der Waals surface area contributed by atoms with Crippen LogP contribution < -0.4 is 0 Å². The van der Waals surface area contributed by atoms with Gasteiger partial charge in [0.1, 0.15) is 23.4 Å². The predicted octanol–water partition coefficient (Wildman–Crippen LogP) is 4.24. The third-order valence-corrected chi connectivity index (χ3v) is 6.16. The van der Waals surface area contributed by atoms with Gasteiger partial charge in [0.2, 0.25) is 0 Å². The van der Waals surface area contributed by atoms with E-state index in [1.54, 1.807) is 55.4 Å². The zero-order valence-electron chi connectivity index (χ0n) is 29.1. The Morgan fingerprint density at radius 1 is 0.455 bits per heavy atom. The third-order valence-electron chi connectivity index (χ3n) is 6.16. The van der Waals surface area contributed by atoms with Crippen LogP contribution in [0.2, 0.25) is 0 Å². The van der Waals surface area contributed by atoms with E-state index in [4.69, 9.17) is 29.2 Å². The molecule has 0 aromatic heterocycles. The van der Waals surface area contributed by atoms with E-state index in [1.165, 1.54) is 13.8 Å². The van der Waals surface area contributed by atoms with Gasteiger partial charge in [0.25, 0.3) is 0 Å². The van der Waals surface area contributed by atoms with Crippen LogP contribution in [0.25, 0.3) is 0 Å². The predicted molar refractivity (Wildman–Crippen MR) is 166 cm³/mol. The first-order valence-corrected chi connectivity index (χ1v) is 15.6. The van der Waals surface area contributed by atoms with Gasteiger partial charge in [-0.3, -0.25) is 28.8 Å². The summed E-state index contributed by atoms with van der Waals surface area (Å²) in [5.41, 5.74) is 0. The minimum absolute atomic E-state index is 0.119. The van der Waals surface area contributed by atoms with Crippen molar-refractivity contribution in [1.29, 1.82) is 0 Å². The van der Waals surface area contributed by atoms with E-state index in [0.717, 1.165) is 0 Å². The molecule has 0 fully saturated rings. The van der Waals surface area contributed by atoms with Gasteiger partial charge in [-0.05, 0) is 81.1 Å². The maximum atomic E-state index is 11.0. The van der Waals surface area contributed by atoms with Crippen LogP contribution in [0.15, 0.2) is 0 Å². The van der Waals surface area contributed by atoms with E-state index in [-0.39, 0.29) is 35.3 Å². The van der Waals surface area contributed by atoms with E-state index >= 15 is 0 Å². The Kier molecular flexibility index (Phi) is 33.0. The number of rotatable bonds is 16. The molecule has 44 heavy (non-hydrogen) atoms. The standard InChI is InChI=1S/2C8H16O3.2C8H14O3/c4*1-4-7(6(3)9)8(10)11-5-2/h2*6-7,9H,4-5H2,1-3H3;2*7H,4-5H2,1-3H3/t6-,7+;6-,7-;;/m00../s1. The summed E-state index contributed by atoms with van der Waals surface area (Å²) >= 11 is 0. The van der Waals surface area contributed by atoms with E-state index in [1.807, 2.05) is 13.8 Å². The molecule has 2 unspecified atom stereocenters. The van der Waals surface area contributed by atoms with Crippen molar-refractivity contribution in [3.63, 3.8) is 0 Å². The van der Waals surface area contributed by atoms with Crippen molar-refractivity contribution in [2.24, 2.45) is 23.7 Å². The Morgan fingerprint density at radius 2 is 0.682 bits per heavy atom. The highest BCUT2D eigenvalue weighted by Gasteiger charge is 2.24. The molecule has 0 bridgehead atoms. The van der Waals surface area contributed by atoms with Crippen LogP contribution in [0.4, 0.5) is 0 Å². The Labute approximate surface area is 264 Å². The minimum Gasteiger partial charge on any atom is -0.466 e. The van der Waals surface area contributed by atoms with Crippen molar-refractivity contribution in [2.45, 2.75) is 121 Å². The van der Waals surface area contributed by atoms with Gasteiger partial charge in [-0.1, -0.05) is 27.7 Å². The fraction of sp³-hybridized carbons (Fsp3) is 0.812. The molecule has 0 radical (unpaired) electrons. The molecule has 12 heteroatoms. The minimum atomic E-state index is -0.612. The summed E-state index contributed by atoms with van der Waals surface area (Å²) in [5.74, 6) is -3.49. The fourth-order valence-electron chi connectivity index (χ4n) is 3.63. The first kappa shape index (κ1) is 48.1. The van der Waals surface area contributed by atoms with Crippen molar-refractivity contribution < 1.29 is 57.9 Å². The summed E-state index contributed by atoms with van der Waals surface area (Å²) in [4.78, 5) is 65.6. The average molecular weight is 637 g/mol. The lowest BCUT2D eigenvalue weighted by Gasteiger charge is -2.15. The highest BCUT2D eigenvalue weighted by atomic mass is 16.5. The monoisotopic (exact) mass is 636 g/mol. The Balaban J connectivity index is -0.000000242. The Bertz CT molecular complexity index is 741. The first-order valence-electron chi connectivity index (χ1n) is 15.6. The van der Waals surface area contributed by atoms with Gasteiger partial charge in [-0.2, -0.15) is 0 Å². The van der Waals surface area contributed by atoms with Gasteiger partial charge in [0.05, 0.1) is 50.5 Å². The molecule has 0 aromatic carbocycles. The number of hydrogen-bond acceptors (Lipinski definition) is 12. The number of hydrogen-bond donors (Lipinski definition) is 2. The number of ketones is 2. The average Bonchev–Trinajstić information content (AvgIpc) is 2.91. The number of aliphatic hydroxyl groups is 2. The highest BCUT2D eigenvalue weighted by molar-refractivity contribution is 5.98. The maximum Gasteiger partial charge on any atom is 0.316 e. The molecule has 0 aliphatic rings. The van der Waals surface area contributed by atoms with Gasteiger partial charge in [0, 0.05) is 0 Å². The second kappa shape index (κ2) is 30.2. The van der Waals surface area contributed by atoms with Crippen LogP contribution in [0.3, 0.4) is 0 Å². The molecule has 0 aliphatic heterocycles. The molecule has 6 atom stereocenters. The van der Waals surface area contributed by atoms with Crippen molar-refractivity contribution in [3.8, 4) is 0 Å². The van der Waals surface area contributed by atoms with Crippen LogP contribution in [0, 0.1) is 23.7 Å². The molecule has 0 amide bonds. The zero-order valence-corrected chi connectivity index (χ0v) is 29.1. The number of carbonyl (C=O) groups excluding carboxylic acids is 6. The van der Waals surface area contributed by atoms with Crippen molar-refractivity contribution in [3.05, 3.63) is 0 Å². The van der Waals surface area contributed by atoms with Gasteiger partial charge >= 0.3 is 23.9 Å². The Morgan fingerprint density at radius 3 is 0.818 bits per heavy atom. The molecular formula is C32H60O12. The summed E-state index contributed by atoms with van der Waals surface area (Å²) in [6, 6.07) is 0. The molecule has 12 nitrogen and oxygen atoms in total. The number of Topliss-reactive ketones (excluding diaryl/α,β-unsaturated/α-hetero) is 2. The number of carbonyl (C=O) groups is 6. The molecule has 260 valence electrons. The molecular weight excluding hydrogens is 576 g/mol. The zero-order chi connectivity index (χ0) is 35.4. The van der Waals surface area contributed by atoms with Gasteiger partial charge in [-0.25, -0.2) is 0 Å². The Hall–Kier alpha value is -2.86. The van der Waals surface area contributed by atoms with E-state index in [2.05, 4.69) is 0 Å². The SMILES string of the molecule is CCOC(=O)C(CC)C(C)=O.CCOC(=O)C(CC)C(C)=O.CCOC(=O)[C@@H](CC)[C@H](C)O.CCOC(=O)[C@H](CC)[C@H](C)O. The van der Waals surface area contributed by atoms with Crippen molar-refractivity contribution in [1.82, 2.24) is 0 Å². The van der Waals surface area contributed by atoms with Crippen molar-refractivity contribution in [2.75, 3.05) is 26.4 Å². The summed E-state index contributed by atoms with van der Waals surface area (Å²) in [7, 11) is 0. The maximum absolute atomic E-state index is 11.0. The van der Waals surface area contributed by atoms with E-state index in [0.29, 0.717) is 52.1 Å². The largest absolute Gasteiger partial charge is 0.466 e. The van der Waals surface area contributed by atoms with Gasteiger partial charge in [-0.15, -0.1) is 0 Å². The normalized spacial score (nSPS) is 14.0. The van der Waals surface area contributed by atoms with E-state index < -0.39 is 36.0 Å². The molecule has 0 heterocycles. The van der Waals surface area contributed by atoms with Gasteiger partial charge in [0.15, 0.2) is 0 Å². The second-order valence-corrected chi connectivity index (χ2v) is 9.66. The van der Waals surface area contributed by atoms with Crippen LogP contribution in [0.1, 0.15) is 109 Å². The quantitative estimate of drug-likeness (QED) is 0.140. The van der Waals surface area contributed by atoms with E-state index in [9.17, 15) is 28.8 Å².